The number of hydrogen-bond acceptors (Lipinski definition) is 7. The highest BCUT2D eigenvalue weighted by Crippen LogP contribution is 2.56. The molecule has 1 spiro atoms. The van der Waals surface area contributed by atoms with Gasteiger partial charge >= 0.3 is 6.09 Å². The topological polar surface area (TPSA) is 100 Å². The highest BCUT2D eigenvalue weighted by molar-refractivity contribution is 6.30. The van der Waals surface area contributed by atoms with Gasteiger partial charge in [0.1, 0.15) is 23.4 Å². The first-order valence-corrected chi connectivity index (χ1v) is 13.0. The van der Waals surface area contributed by atoms with Crippen molar-refractivity contribution in [1.82, 2.24) is 24.6 Å². The number of halogens is 1. The number of anilines is 1. The van der Waals surface area contributed by atoms with Crippen LogP contribution in [-0.4, -0.2) is 49.9 Å². The molecule has 3 aliphatic rings. The predicted molar refractivity (Wildman–Crippen MR) is 138 cm³/mol. The summed E-state index contributed by atoms with van der Waals surface area (Å²) in [6.45, 7) is 7.87. The van der Waals surface area contributed by atoms with Crippen molar-refractivity contribution in [3.8, 4) is 11.8 Å². The molecule has 37 heavy (non-hydrogen) atoms. The molecule has 1 unspecified atom stereocenters. The van der Waals surface area contributed by atoms with Crippen molar-refractivity contribution in [3.05, 3.63) is 64.3 Å². The zero-order chi connectivity index (χ0) is 25.9. The molecule has 2 aromatic heterocycles. The van der Waals surface area contributed by atoms with Gasteiger partial charge in [-0.05, 0) is 69.5 Å². The van der Waals surface area contributed by atoms with E-state index in [1.165, 1.54) is 0 Å². The normalized spacial score (nSPS) is 19.9. The van der Waals surface area contributed by atoms with Crippen LogP contribution in [0.3, 0.4) is 0 Å². The Morgan fingerprint density at radius 1 is 1.19 bits per heavy atom. The van der Waals surface area contributed by atoms with E-state index in [4.69, 9.17) is 21.6 Å². The lowest BCUT2D eigenvalue weighted by Gasteiger charge is -2.59. The van der Waals surface area contributed by atoms with Crippen LogP contribution in [-0.2, 0) is 11.3 Å². The third kappa shape index (κ3) is 4.00. The molecule has 6 rings (SSSR count). The summed E-state index contributed by atoms with van der Waals surface area (Å²) < 4.78 is 7.67. The number of benzene rings is 1. The number of carbonyl (C=O) groups is 1. The van der Waals surface area contributed by atoms with Gasteiger partial charge in [-0.3, -0.25) is 9.47 Å². The third-order valence-electron chi connectivity index (χ3n) is 7.70. The summed E-state index contributed by atoms with van der Waals surface area (Å²) in [5.74, 6) is 2.79. The maximum absolute atomic E-state index is 13.0. The number of fused-ring (bicyclic) bond motifs is 3. The van der Waals surface area contributed by atoms with E-state index in [1.54, 1.807) is 11.0 Å². The van der Waals surface area contributed by atoms with Crippen molar-refractivity contribution in [2.24, 2.45) is 5.41 Å². The van der Waals surface area contributed by atoms with Crippen LogP contribution in [0.25, 0.3) is 5.69 Å². The van der Waals surface area contributed by atoms with E-state index in [0.29, 0.717) is 17.3 Å². The molecule has 3 aromatic rings. The van der Waals surface area contributed by atoms with Gasteiger partial charge in [-0.1, -0.05) is 17.7 Å². The fraction of sp³-hybridized carbons (Fsp3) is 0.444. The molecule has 10 heteroatoms. The highest BCUT2D eigenvalue weighted by atomic mass is 35.5. The summed E-state index contributed by atoms with van der Waals surface area (Å²) in [4.78, 5) is 21.4. The Hall–Kier alpha value is -3.64. The first-order chi connectivity index (χ1) is 17.8. The van der Waals surface area contributed by atoms with Crippen LogP contribution >= 0.6 is 11.6 Å². The molecule has 9 nitrogen and oxygen atoms in total. The zero-order valence-corrected chi connectivity index (χ0v) is 21.8. The van der Waals surface area contributed by atoms with Gasteiger partial charge in [0.2, 0.25) is 0 Å². The largest absolute Gasteiger partial charge is 0.447 e. The van der Waals surface area contributed by atoms with Crippen molar-refractivity contribution in [3.63, 3.8) is 0 Å². The van der Waals surface area contributed by atoms with Crippen molar-refractivity contribution in [1.29, 1.82) is 5.26 Å². The van der Waals surface area contributed by atoms with Crippen LogP contribution in [0.4, 0.5) is 10.6 Å². The molecule has 1 saturated carbocycles. The summed E-state index contributed by atoms with van der Waals surface area (Å²) in [6, 6.07) is 13.1. The number of aromatic nitrogens is 4. The molecular formula is C27H28ClN7O2. The molecule has 2 fully saturated rings. The fourth-order valence-electron chi connectivity index (χ4n) is 5.95. The minimum absolute atomic E-state index is 0.221. The minimum atomic E-state index is -0.377. The van der Waals surface area contributed by atoms with Gasteiger partial charge in [0, 0.05) is 29.4 Å². The van der Waals surface area contributed by atoms with Crippen LogP contribution in [0.2, 0.25) is 5.02 Å². The molecule has 1 aromatic carbocycles. The quantitative estimate of drug-likeness (QED) is 0.482. The summed E-state index contributed by atoms with van der Waals surface area (Å²) in [5.41, 5.74) is 2.57. The smallest absolute Gasteiger partial charge is 0.410 e. The number of pyridine rings is 1. The molecule has 0 N–H and O–H groups in total. The van der Waals surface area contributed by atoms with E-state index in [2.05, 4.69) is 30.7 Å². The Kier molecular flexibility index (Phi) is 5.60. The maximum atomic E-state index is 13.0. The average molecular weight is 518 g/mol. The molecule has 2 aliphatic heterocycles. The monoisotopic (exact) mass is 517 g/mol. The molecule has 190 valence electrons. The van der Waals surface area contributed by atoms with E-state index in [9.17, 15) is 4.79 Å². The summed E-state index contributed by atoms with van der Waals surface area (Å²) >= 11 is 6.36. The average Bonchev–Trinajstić information content (AvgIpc) is 3.19. The second kappa shape index (κ2) is 8.73. The van der Waals surface area contributed by atoms with Gasteiger partial charge in [0.05, 0.1) is 24.4 Å². The van der Waals surface area contributed by atoms with Crippen LogP contribution in [0, 0.1) is 16.7 Å². The van der Waals surface area contributed by atoms with Crippen molar-refractivity contribution in [2.45, 2.75) is 58.2 Å². The number of hydrogen-bond donors (Lipinski definition) is 0. The van der Waals surface area contributed by atoms with Crippen molar-refractivity contribution in [2.75, 3.05) is 18.0 Å². The second-order valence-corrected chi connectivity index (χ2v) is 11.2. The van der Waals surface area contributed by atoms with Gasteiger partial charge in [-0.25, -0.2) is 9.78 Å². The first-order valence-electron chi connectivity index (χ1n) is 12.6. The first kappa shape index (κ1) is 23.7. The van der Waals surface area contributed by atoms with Gasteiger partial charge in [-0.2, -0.15) is 5.26 Å². The fourth-order valence-corrected chi connectivity index (χ4v) is 6.15. The molecule has 0 radical (unpaired) electrons. The highest BCUT2D eigenvalue weighted by Gasteiger charge is 2.54. The number of nitriles is 1. The lowest BCUT2D eigenvalue weighted by atomic mass is 9.57. The Balaban J connectivity index is 1.26. The lowest BCUT2D eigenvalue weighted by Crippen LogP contribution is -2.62. The minimum Gasteiger partial charge on any atom is -0.447 e. The number of amides is 1. The summed E-state index contributed by atoms with van der Waals surface area (Å²) in [7, 11) is 0. The number of carbonyl (C=O) groups excluding carboxylic acids is 1. The Morgan fingerprint density at radius 3 is 2.68 bits per heavy atom. The standard InChI is InChI=1S/C27H28ClN7O2/c1-16(2)37-26(36)34-13-18-9-20(28)7-8-22(18)35-24(17(34)3)31-32-25(35)19-10-27(11-19)14-33(15-27)23-6-4-5-21(12-29)30-23/h4-9,16-17,19H,10-11,13-15H2,1-3H3. The number of ether oxygens (including phenoxy) is 1. The molecule has 1 atom stereocenters. The molecule has 1 amide bonds. The Bertz CT molecular complexity index is 1410. The Labute approximate surface area is 220 Å². The number of nitrogens with zero attached hydrogens (tertiary/aromatic N) is 7. The second-order valence-electron chi connectivity index (χ2n) is 10.7. The molecule has 1 aliphatic carbocycles. The molecule has 0 bridgehead atoms. The Morgan fingerprint density at radius 2 is 1.95 bits per heavy atom. The van der Waals surface area contributed by atoms with Gasteiger partial charge in [0.25, 0.3) is 0 Å². The van der Waals surface area contributed by atoms with Crippen LogP contribution in [0.1, 0.15) is 68.5 Å². The van der Waals surface area contributed by atoms with Gasteiger partial charge < -0.3 is 9.64 Å². The SMILES string of the molecule is CC(C)OC(=O)N1Cc2cc(Cl)ccc2-n2c(C3CC4(C3)CN(c3cccc(C#N)n3)C4)nnc2C1C. The molecule has 1 saturated heterocycles. The van der Waals surface area contributed by atoms with Crippen molar-refractivity contribution < 1.29 is 9.53 Å². The predicted octanol–water partition coefficient (Wildman–Crippen LogP) is 4.99. The summed E-state index contributed by atoms with van der Waals surface area (Å²) in [5, 5.41) is 19.0. The van der Waals surface area contributed by atoms with E-state index in [-0.39, 0.29) is 29.6 Å². The molecule has 4 heterocycles. The van der Waals surface area contributed by atoms with Gasteiger partial charge in [0.15, 0.2) is 5.82 Å². The lowest BCUT2D eigenvalue weighted by molar-refractivity contribution is 0.0578. The zero-order valence-electron chi connectivity index (χ0n) is 21.1. The third-order valence-corrected chi connectivity index (χ3v) is 7.93. The van der Waals surface area contributed by atoms with E-state index in [0.717, 1.165) is 54.6 Å². The maximum Gasteiger partial charge on any atom is 0.410 e. The van der Waals surface area contributed by atoms with Crippen molar-refractivity contribution >= 4 is 23.5 Å². The van der Waals surface area contributed by atoms with E-state index in [1.807, 2.05) is 51.1 Å². The van der Waals surface area contributed by atoms with E-state index >= 15 is 0 Å². The molecular weight excluding hydrogens is 490 g/mol. The number of rotatable bonds is 3. The summed E-state index contributed by atoms with van der Waals surface area (Å²) in [6.07, 6.45) is 1.42. The van der Waals surface area contributed by atoms with Gasteiger partial charge in [-0.15, -0.1) is 10.2 Å². The van der Waals surface area contributed by atoms with E-state index < -0.39 is 0 Å². The van der Waals surface area contributed by atoms with Crippen LogP contribution < -0.4 is 4.90 Å². The van der Waals surface area contributed by atoms with Crippen LogP contribution in [0.15, 0.2) is 36.4 Å². The van der Waals surface area contributed by atoms with Crippen LogP contribution in [0.5, 0.6) is 0 Å².